The predicted molar refractivity (Wildman–Crippen MR) is 115 cm³/mol. The zero-order valence-electron chi connectivity index (χ0n) is 17.9. The highest BCUT2D eigenvalue weighted by atomic mass is 16.5. The molecule has 1 amide bonds. The molecular formula is C23H25N3O5. The number of carbonyl (C=O) groups excluding carboxylic acids is 1. The van der Waals surface area contributed by atoms with Crippen molar-refractivity contribution >= 4 is 5.91 Å². The van der Waals surface area contributed by atoms with Gasteiger partial charge in [-0.3, -0.25) is 9.89 Å². The largest absolute Gasteiger partial charge is 0.493 e. The molecular weight excluding hydrogens is 398 g/mol. The van der Waals surface area contributed by atoms with Gasteiger partial charge in [0.25, 0.3) is 5.91 Å². The lowest BCUT2D eigenvalue weighted by Crippen LogP contribution is -2.27. The number of amides is 1. The molecule has 0 saturated carbocycles. The van der Waals surface area contributed by atoms with Crippen molar-refractivity contribution in [2.45, 2.75) is 18.9 Å². The number of aromatic amines is 1. The molecule has 1 aromatic heterocycles. The first kappa shape index (κ1) is 20.6. The van der Waals surface area contributed by atoms with Gasteiger partial charge in [0.05, 0.1) is 51.9 Å². The summed E-state index contributed by atoms with van der Waals surface area (Å²) >= 11 is 0. The van der Waals surface area contributed by atoms with Crippen molar-refractivity contribution in [2.75, 3.05) is 28.4 Å². The van der Waals surface area contributed by atoms with Crippen molar-refractivity contribution in [1.82, 2.24) is 15.5 Å². The van der Waals surface area contributed by atoms with Gasteiger partial charge in [-0.1, -0.05) is 0 Å². The number of benzene rings is 2. The van der Waals surface area contributed by atoms with Gasteiger partial charge in [0.1, 0.15) is 0 Å². The molecule has 1 aliphatic carbocycles. The van der Waals surface area contributed by atoms with Crippen LogP contribution in [0.25, 0.3) is 11.3 Å². The summed E-state index contributed by atoms with van der Waals surface area (Å²) < 4.78 is 21.5. The maximum Gasteiger partial charge on any atom is 0.255 e. The second-order valence-corrected chi connectivity index (χ2v) is 7.20. The Balaban J connectivity index is 1.60. The third-order valence-electron chi connectivity index (χ3n) is 5.58. The maximum atomic E-state index is 13.1. The minimum absolute atomic E-state index is 0.115. The van der Waals surface area contributed by atoms with E-state index in [0.717, 1.165) is 29.5 Å². The molecule has 3 aromatic rings. The third kappa shape index (κ3) is 3.76. The lowest BCUT2D eigenvalue weighted by atomic mass is 10.0. The second kappa shape index (κ2) is 8.59. The number of carbonyl (C=O) groups is 1. The highest BCUT2D eigenvalue weighted by Crippen LogP contribution is 2.39. The third-order valence-corrected chi connectivity index (χ3v) is 5.58. The quantitative estimate of drug-likeness (QED) is 0.604. The molecule has 8 heteroatoms. The van der Waals surface area contributed by atoms with Gasteiger partial charge in [0, 0.05) is 5.56 Å². The first-order valence-corrected chi connectivity index (χ1v) is 9.91. The van der Waals surface area contributed by atoms with Crippen LogP contribution in [0.5, 0.6) is 23.0 Å². The van der Waals surface area contributed by atoms with E-state index in [4.69, 9.17) is 18.9 Å². The molecule has 1 atom stereocenters. The number of rotatable bonds is 7. The fourth-order valence-corrected chi connectivity index (χ4v) is 3.99. The van der Waals surface area contributed by atoms with Crippen LogP contribution in [0.15, 0.2) is 36.5 Å². The Morgan fingerprint density at radius 3 is 2.35 bits per heavy atom. The fraction of sp³-hybridized carbons (Fsp3) is 0.304. The normalized spacial score (nSPS) is 14.6. The average molecular weight is 423 g/mol. The standard InChI is InChI=1S/C23H25N3O5/c1-28-18-8-6-14(10-19(18)29-2)22-16(12-24-26-22)23(27)25-17-7-5-13-9-20(30-3)21(31-4)11-15(13)17/h6,8-12,17H,5,7H2,1-4H3,(H,24,26)(H,25,27)/t17-/m1/s1. The zero-order valence-corrected chi connectivity index (χ0v) is 17.9. The Labute approximate surface area is 180 Å². The molecule has 0 saturated heterocycles. The molecule has 1 aliphatic rings. The van der Waals surface area contributed by atoms with E-state index in [-0.39, 0.29) is 11.9 Å². The van der Waals surface area contributed by atoms with E-state index in [1.807, 2.05) is 24.3 Å². The van der Waals surface area contributed by atoms with Crippen LogP contribution in [-0.4, -0.2) is 44.5 Å². The summed E-state index contributed by atoms with van der Waals surface area (Å²) in [6, 6.07) is 9.27. The molecule has 4 rings (SSSR count). The van der Waals surface area contributed by atoms with Crippen LogP contribution >= 0.6 is 0 Å². The Kier molecular flexibility index (Phi) is 5.70. The first-order valence-electron chi connectivity index (χ1n) is 9.91. The van der Waals surface area contributed by atoms with E-state index in [1.165, 1.54) is 6.20 Å². The molecule has 0 spiro atoms. The molecule has 8 nitrogen and oxygen atoms in total. The lowest BCUT2D eigenvalue weighted by molar-refractivity contribution is 0.0937. The summed E-state index contributed by atoms with van der Waals surface area (Å²) in [7, 11) is 6.38. The predicted octanol–water partition coefficient (Wildman–Crippen LogP) is 3.53. The summed E-state index contributed by atoms with van der Waals surface area (Å²) in [4.78, 5) is 13.1. The van der Waals surface area contributed by atoms with Crippen LogP contribution < -0.4 is 24.3 Å². The molecule has 2 N–H and O–H groups in total. The highest BCUT2D eigenvalue weighted by Gasteiger charge is 2.28. The smallest absolute Gasteiger partial charge is 0.255 e. The zero-order chi connectivity index (χ0) is 22.0. The number of aromatic nitrogens is 2. The van der Waals surface area contributed by atoms with Crippen LogP contribution in [0.2, 0.25) is 0 Å². The number of methoxy groups -OCH3 is 4. The molecule has 162 valence electrons. The van der Waals surface area contributed by atoms with Crippen molar-refractivity contribution in [2.24, 2.45) is 0 Å². The highest BCUT2D eigenvalue weighted by molar-refractivity contribution is 6.00. The second-order valence-electron chi connectivity index (χ2n) is 7.20. The summed E-state index contributed by atoms with van der Waals surface area (Å²) in [5, 5.41) is 10.2. The molecule has 0 radical (unpaired) electrons. The minimum Gasteiger partial charge on any atom is -0.493 e. The lowest BCUT2D eigenvalue weighted by Gasteiger charge is -2.16. The molecule has 1 heterocycles. The SMILES string of the molecule is COc1ccc(-c2[nH]ncc2C(=O)N[C@@H]2CCc3cc(OC)c(OC)cc32)cc1OC. The van der Waals surface area contributed by atoms with Gasteiger partial charge >= 0.3 is 0 Å². The topological polar surface area (TPSA) is 94.7 Å². The number of hydrogen-bond donors (Lipinski definition) is 2. The van der Waals surface area contributed by atoms with Crippen molar-refractivity contribution in [3.63, 3.8) is 0 Å². The number of nitrogens with zero attached hydrogens (tertiary/aromatic N) is 1. The number of nitrogens with one attached hydrogen (secondary N) is 2. The van der Waals surface area contributed by atoms with Gasteiger partial charge in [0.2, 0.25) is 0 Å². The maximum absolute atomic E-state index is 13.1. The van der Waals surface area contributed by atoms with Gasteiger partial charge in [-0.2, -0.15) is 5.10 Å². The van der Waals surface area contributed by atoms with E-state index in [0.29, 0.717) is 34.3 Å². The van der Waals surface area contributed by atoms with Gasteiger partial charge in [-0.25, -0.2) is 0 Å². The molecule has 2 aromatic carbocycles. The first-order chi connectivity index (χ1) is 15.1. The van der Waals surface area contributed by atoms with Crippen LogP contribution in [0.1, 0.15) is 33.9 Å². The molecule has 0 aliphatic heterocycles. The molecule has 0 fully saturated rings. The summed E-state index contributed by atoms with van der Waals surface area (Å²) in [5.41, 5.74) is 4.04. The number of ether oxygens (including phenoxy) is 4. The van der Waals surface area contributed by atoms with Crippen molar-refractivity contribution < 1.29 is 23.7 Å². The Morgan fingerprint density at radius 1 is 0.968 bits per heavy atom. The summed E-state index contributed by atoms with van der Waals surface area (Å²) in [6.07, 6.45) is 3.20. The van der Waals surface area contributed by atoms with Gasteiger partial charge in [-0.15, -0.1) is 0 Å². The van der Waals surface area contributed by atoms with E-state index in [1.54, 1.807) is 34.5 Å². The number of fused-ring (bicyclic) bond motifs is 1. The van der Waals surface area contributed by atoms with Crippen LogP contribution in [0, 0.1) is 0 Å². The van der Waals surface area contributed by atoms with E-state index in [9.17, 15) is 4.79 Å². The summed E-state index contributed by atoms with van der Waals surface area (Å²) in [6.45, 7) is 0. The van der Waals surface area contributed by atoms with Crippen molar-refractivity contribution in [1.29, 1.82) is 0 Å². The Hall–Kier alpha value is -3.68. The average Bonchev–Trinajstić information content (AvgIpc) is 3.44. The number of H-pyrrole nitrogens is 1. The van der Waals surface area contributed by atoms with Crippen LogP contribution in [0.3, 0.4) is 0 Å². The van der Waals surface area contributed by atoms with Crippen molar-refractivity contribution in [3.05, 3.63) is 53.2 Å². The van der Waals surface area contributed by atoms with Gasteiger partial charge in [-0.05, 0) is 54.3 Å². The monoisotopic (exact) mass is 423 g/mol. The van der Waals surface area contributed by atoms with E-state index < -0.39 is 0 Å². The van der Waals surface area contributed by atoms with Gasteiger partial charge in [0.15, 0.2) is 23.0 Å². The molecule has 0 unspecified atom stereocenters. The summed E-state index contributed by atoms with van der Waals surface area (Å²) in [5.74, 6) is 2.33. The van der Waals surface area contributed by atoms with E-state index in [2.05, 4.69) is 15.5 Å². The van der Waals surface area contributed by atoms with Crippen LogP contribution in [0.4, 0.5) is 0 Å². The Morgan fingerprint density at radius 2 is 1.65 bits per heavy atom. The van der Waals surface area contributed by atoms with Crippen molar-refractivity contribution in [3.8, 4) is 34.3 Å². The van der Waals surface area contributed by atoms with Crippen LogP contribution in [-0.2, 0) is 6.42 Å². The number of hydrogen-bond acceptors (Lipinski definition) is 6. The minimum atomic E-state index is -0.203. The number of aryl methyl sites for hydroxylation is 1. The van der Waals surface area contributed by atoms with Gasteiger partial charge < -0.3 is 24.3 Å². The van der Waals surface area contributed by atoms with E-state index >= 15 is 0 Å². The fourth-order valence-electron chi connectivity index (χ4n) is 3.99. The Bertz CT molecular complexity index is 1110. The molecule has 31 heavy (non-hydrogen) atoms. The molecule has 0 bridgehead atoms.